The predicted octanol–water partition coefficient (Wildman–Crippen LogP) is 2.55. The molecule has 0 atom stereocenters. The van der Waals surface area contributed by atoms with E-state index >= 15 is 0 Å². The Morgan fingerprint density at radius 3 is 2.65 bits per heavy atom. The van der Waals surface area contributed by atoms with Gasteiger partial charge in [-0.1, -0.05) is 29.8 Å². The lowest BCUT2D eigenvalue weighted by molar-refractivity contribution is 0.0963. The van der Waals surface area contributed by atoms with Crippen LogP contribution in [0, 0.1) is 6.92 Å². The Bertz CT molecular complexity index is 623. The van der Waals surface area contributed by atoms with Gasteiger partial charge in [-0.05, 0) is 30.7 Å². The Kier molecular flexibility index (Phi) is 4.25. The van der Waals surface area contributed by atoms with Crippen LogP contribution in [0.5, 0.6) is 0 Å². The van der Waals surface area contributed by atoms with Gasteiger partial charge in [0, 0.05) is 19.2 Å². The molecule has 2 rings (SSSR count). The van der Waals surface area contributed by atoms with Gasteiger partial charge in [0.05, 0.1) is 11.4 Å². The summed E-state index contributed by atoms with van der Waals surface area (Å²) in [6.45, 7) is 2.77. The second kappa shape index (κ2) is 6.10. The zero-order chi connectivity index (χ0) is 14.5. The van der Waals surface area contributed by atoms with Crippen molar-refractivity contribution >= 4 is 17.3 Å². The number of carbonyl (C=O) groups is 1. The number of anilines is 2. The van der Waals surface area contributed by atoms with Crippen LogP contribution in [-0.4, -0.2) is 13.0 Å². The zero-order valence-electron chi connectivity index (χ0n) is 11.7. The molecule has 0 unspecified atom stereocenters. The fourth-order valence-electron chi connectivity index (χ4n) is 2.03. The third kappa shape index (κ3) is 3.29. The maximum Gasteiger partial charge on any atom is 0.251 e. The van der Waals surface area contributed by atoms with E-state index < -0.39 is 0 Å². The highest BCUT2D eigenvalue weighted by atomic mass is 16.1. The first-order valence-electron chi connectivity index (χ1n) is 6.51. The number of hydrogen-bond acceptors (Lipinski definition) is 3. The van der Waals surface area contributed by atoms with E-state index in [0.29, 0.717) is 17.8 Å². The van der Waals surface area contributed by atoms with Gasteiger partial charge < -0.3 is 16.4 Å². The number of benzene rings is 2. The van der Waals surface area contributed by atoms with Gasteiger partial charge in [0.25, 0.3) is 5.91 Å². The van der Waals surface area contributed by atoms with Gasteiger partial charge in [-0.3, -0.25) is 4.79 Å². The molecule has 104 valence electrons. The van der Waals surface area contributed by atoms with E-state index in [-0.39, 0.29) is 5.91 Å². The normalized spacial score (nSPS) is 10.1. The first-order chi connectivity index (χ1) is 9.60. The van der Waals surface area contributed by atoms with Crippen molar-refractivity contribution < 1.29 is 4.79 Å². The van der Waals surface area contributed by atoms with Crippen molar-refractivity contribution in [3.63, 3.8) is 0 Å². The fourth-order valence-corrected chi connectivity index (χ4v) is 2.03. The van der Waals surface area contributed by atoms with Crippen LogP contribution in [0.4, 0.5) is 11.4 Å². The number of hydrogen-bond donors (Lipinski definition) is 3. The Balaban J connectivity index is 2.08. The maximum absolute atomic E-state index is 11.5. The van der Waals surface area contributed by atoms with Gasteiger partial charge in [-0.15, -0.1) is 0 Å². The summed E-state index contributed by atoms with van der Waals surface area (Å²) in [5.41, 5.74) is 10.4. The molecule has 0 saturated heterocycles. The highest BCUT2D eigenvalue weighted by Crippen LogP contribution is 2.20. The number of aryl methyl sites for hydroxylation is 1. The molecule has 1 amide bonds. The van der Waals surface area contributed by atoms with Crippen molar-refractivity contribution in [3.05, 3.63) is 59.2 Å². The average molecular weight is 269 g/mol. The molecular formula is C16H19N3O. The molecule has 0 saturated carbocycles. The van der Waals surface area contributed by atoms with Crippen molar-refractivity contribution in [1.29, 1.82) is 0 Å². The summed E-state index contributed by atoms with van der Waals surface area (Å²) < 4.78 is 0. The van der Waals surface area contributed by atoms with E-state index in [4.69, 9.17) is 5.73 Å². The number of nitrogens with one attached hydrogen (secondary N) is 2. The third-order valence-electron chi connectivity index (χ3n) is 3.11. The molecule has 0 bridgehead atoms. The van der Waals surface area contributed by atoms with Crippen LogP contribution in [0.25, 0.3) is 0 Å². The molecule has 0 aromatic heterocycles. The summed E-state index contributed by atoms with van der Waals surface area (Å²) in [7, 11) is 1.60. The van der Waals surface area contributed by atoms with Gasteiger partial charge in [-0.25, -0.2) is 0 Å². The van der Waals surface area contributed by atoms with Gasteiger partial charge in [0.1, 0.15) is 0 Å². The molecule has 20 heavy (non-hydrogen) atoms. The summed E-state index contributed by atoms with van der Waals surface area (Å²) in [4.78, 5) is 11.5. The van der Waals surface area contributed by atoms with Crippen LogP contribution < -0.4 is 16.4 Å². The Labute approximate surface area is 119 Å². The van der Waals surface area contributed by atoms with Crippen LogP contribution in [0.1, 0.15) is 21.5 Å². The number of rotatable bonds is 4. The second-order valence-corrected chi connectivity index (χ2v) is 4.72. The topological polar surface area (TPSA) is 67.2 Å². The number of nitrogen functional groups attached to an aromatic ring is 1. The standard InChI is InChI=1S/C16H19N3O/c1-11-4-3-5-12(8-11)10-19-15-7-6-13(9-14(15)17)16(20)18-2/h3-9,19H,10,17H2,1-2H3,(H,18,20). The highest BCUT2D eigenvalue weighted by molar-refractivity contribution is 5.95. The van der Waals surface area contributed by atoms with Gasteiger partial charge in [0.15, 0.2) is 0 Å². The van der Waals surface area contributed by atoms with Crippen LogP contribution in [0.2, 0.25) is 0 Å². The fraction of sp³-hybridized carbons (Fsp3) is 0.188. The van der Waals surface area contributed by atoms with Crippen molar-refractivity contribution in [1.82, 2.24) is 5.32 Å². The molecule has 4 N–H and O–H groups in total. The Hall–Kier alpha value is -2.49. The molecule has 0 spiro atoms. The quantitative estimate of drug-likeness (QED) is 0.747. The molecule has 0 aliphatic heterocycles. The molecule has 4 nitrogen and oxygen atoms in total. The predicted molar refractivity (Wildman–Crippen MR) is 82.8 cm³/mol. The van der Waals surface area contributed by atoms with Crippen molar-refractivity contribution in [2.24, 2.45) is 0 Å². The van der Waals surface area contributed by atoms with Crippen LogP contribution in [-0.2, 0) is 6.54 Å². The van der Waals surface area contributed by atoms with Crippen LogP contribution in [0.3, 0.4) is 0 Å². The first-order valence-corrected chi connectivity index (χ1v) is 6.51. The number of nitrogens with two attached hydrogens (primary N) is 1. The van der Waals surface area contributed by atoms with Gasteiger partial charge in [0.2, 0.25) is 0 Å². The molecule has 0 heterocycles. The van der Waals surface area contributed by atoms with E-state index in [0.717, 1.165) is 5.69 Å². The zero-order valence-corrected chi connectivity index (χ0v) is 11.7. The lowest BCUT2D eigenvalue weighted by Gasteiger charge is -2.11. The average Bonchev–Trinajstić information content (AvgIpc) is 2.45. The van der Waals surface area contributed by atoms with Crippen molar-refractivity contribution in [2.45, 2.75) is 13.5 Å². The summed E-state index contributed by atoms with van der Waals surface area (Å²) in [5, 5.41) is 5.86. The lowest BCUT2D eigenvalue weighted by Crippen LogP contribution is -2.18. The number of amides is 1. The van der Waals surface area contributed by atoms with Gasteiger partial charge in [-0.2, -0.15) is 0 Å². The van der Waals surface area contributed by atoms with E-state index in [2.05, 4.69) is 35.8 Å². The maximum atomic E-state index is 11.5. The molecule has 0 fully saturated rings. The SMILES string of the molecule is CNC(=O)c1ccc(NCc2cccc(C)c2)c(N)c1. The molecule has 2 aromatic rings. The smallest absolute Gasteiger partial charge is 0.251 e. The monoisotopic (exact) mass is 269 g/mol. The molecule has 0 radical (unpaired) electrons. The summed E-state index contributed by atoms with van der Waals surface area (Å²) in [6.07, 6.45) is 0. The molecular weight excluding hydrogens is 250 g/mol. The summed E-state index contributed by atoms with van der Waals surface area (Å²) in [5.74, 6) is -0.137. The first kappa shape index (κ1) is 13.9. The minimum atomic E-state index is -0.137. The third-order valence-corrected chi connectivity index (χ3v) is 3.11. The molecule has 2 aromatic carbocycles. The van der Waals surface area contributed by atoms with E-state index in [9.17, 15) is 4.79 Å². The molecule has 0 aliphatic carbocycles. The second-order valence-electron chi connectivity index (χ2n) is 4.72. The van der Waals surface area contributed by atoms with Crippen molar-refractivity contribution in [3.8, 4) is 0 Å². The van der Waals surface area contributed by atoms with Gasteiger partial charge >= 0.3 is 0 Å². The lowest BCUT2D eigenvalue weighted by atomic mass is 10.1. The molecule has 4 heteroatoms. The Morgan fingerprint density at radius 1 is 1.20 bits per heavy atom. The van der Waals surface area contributed by atoms with E-state index in [1.165, 1.54) is 11.1 Å². The van der Waals surface area contributed by atoms with Crippen LogP contribution in [0.15, 0.2) is 42.5 Å². The minimum absolute atomic E-state index is 0.137. The largest absolute Gasteiger partial charge is 0.397 e. The Morgan fingerprint density at radius 2 is 2.00 bits per heavy atom. The van der Waals surface area contributed by atoms with Crippen LogP contribution >= 0.6 is 0 Å². The van der Waals surface area contributed by atoms with Crippen molar-refractivity contribution in [2.75, 3.05) is 18.1 Å². The molecule has 0 aliphatic rings. The number of carbonyl (C=O) groups excluding carboxylic acids is 1. The van der Waals surface area contributed by atoms with E-state index in [1.54, 1.807) is 19.2 Å². The summed E-state index contributed by atoms with van der Waals surface area (Å²) in [6, 6.07) is 13.6. The van der Waals surface area contributed by atoms with E-state index in [1.807, 2.05) is 12.1 Å². The summed E-state index contributed by atoms with van der Waals surface area (Å²) >= 11 is 0. The highest BCUT2D eigenvalue weighted by Gasteiger charge is 2.06. The minimum Gasteiger partial charge on any atom is -0.397 e.